The van der Waals surface area contributed by atoms with Crippen molar-refractivity contribution >= 4 is 17.2 Å². The molecular formula is C11H14N4OS. The van der Waals surface area contributed by atoms with E-state index in [1.54, 1.807) is 29.3 Å². The van der Waals surface area contributed by atoms with Crippen LogP contribution in [0.4, 0.5) is 0 Å². The largest absolute Gasteiger partial charge is 0.354 e. The molecule has 6 heteroatoms. The number of aromatic nitrogens is 3. The van der Waals surface area contributed by atoms with Crippen LogP contribution in [0, 0.1) is 0 Å². The Kier molecular flexibility index (Phi) is 3.87. The summed E-state index contributed by atoms with van der Waals surface area (Å²) >= 11 is 1.67. The van der Waals surface area contributed by atoms with E-state index in [1.807, 2.05) is 5.38 Å². The number of carbonyl (C=O) groups is 1. The second-order valence-corrected chi connectivity index (χ2v) is 4.50. The lowest BCUT2D eigenvalue weighted by atomic mass is 10.2. The molecule has 1 N–H and O–H groups in total. The summed E-state index contributed by atoms with van der Waals surface area (Å²) in [4.78, 5) is 15.6. The maximum atomic E-state index is 11.8. The number of nitrogens with one attached hydrogen (secondary N) is 1. The summed E-state index contributed by atoms with van der Waals surface area (Å²) in [6, 6.07) is 1.75. The predicted molar refractivity (Wildman–Crippen MR) is 65.8 cm³/mol. The third-order valence-electron chi connectivity index (χ3n) is 2.51. The molecule has 0 saturated carbocycles. The Morgan fingerprint density at radius 2 is 2.53 bits per heavy atom. The van der Waals surface area contributed by atoms with Crippen LogP contribution >= 0.6 is 11.3 Å². The first-order valence-electron chi connectivity index (χ1n) is 5.40. The van der Waals surface area contributed by atoms with Crippen molar-refractivity contribution in [1.82, 2.24) is 20.1 Å². The van der Waals surface area contributed by atoms with E-state index in [0.29, 0.717) is 6.54 Å². The maximum absolute atomic E-state index is 11.8. The summed E-state index contributed by atoms with van der Waals surface area (Å²) in [7, 11) is 0. The van der Waals surface area contributed by atoms with Crippen LogP contribution in [-0.4, -0.2) is 27.2 Å². The number of amides is 1. The van der Waals surface area contributed by atoms with Crippen molar-refractivity contribution in [3.05, 3.63) is 35.0 Å². The average Bonchev–Trinajstić information content (AvgIpc) is 3.00. The van der Waals surface area contributed by atoms with E-state index in [4.69, 9.17) is 0 Å². The van der Waals surface area contributed by atoms with Gasteiger partial charge >= 0.3 is 0 Å². The summed E-state index contributed by atoms with van der Waals surface area (Å²) in [5.41, 5.74) is 1.25. The lowest BCUT2D eigenvalue weighted by Crippen LogP contribution is -2.32. The molecule has 0 aliphatic rings. The predicted octanol–water partition coefficient (Wildman–Crippen LogP) is 1.26. The Balaban J connectivity index is 1.77. The Hall–Kier alpha value is -1.69. The Morgan fingerprint density at radius 3 is 3.18 bits per heavy atom. The standard InChI is InChI=1S/C11H14N4OS/c1-9(15-8-12-7-14-15)11(16)13-4-2-10-3-5-17-6-10/h3,5-9H,2,4H2,1H3,(H,13,16)/t9-/m0/s1. The van der Waals surface area contributed by atoms with Crippen molar-refractivity contribution in [2.45, 2.75) is 19.4 Å². The Bertz CT molecular complexity index is 452. The van der Waals surface area contributed by atoms with Gasteiger partial charge < -0.3 is 5.32 Å². The van der Waals surface area contributed by atoms with Gasteiger partial charge in [0.1, 0.15) is 18.7 Å². The molecular weight excluding hydrogens is 236 g/mol. The van der Waals surface area contributed by atoms with Gasteiger partial charge in [-0.1, -0.05) is 0 Å². The molecule has 0 unspecified atom stereocenters. The van der Waals surface area contributed by atoms with Crippen molar-refractivity contribution < 1.29 is 4.79 Å². The van der Waals surface area contributed by atoms with Crippen LogP contribution in [0.2, 0.25) is 0 Å². The van der Waals surface area contributed by atoms with Crippen molar-refractivity contribution in [2.75, 3.05) is 6.54 Å². The molecule has 0 fully saturated rings. The van der Waals surface area contributed by atoms with Gasteiger partial charge in [0.15, 0.2) is 0 Å². The van der Waals surface area contributed by atoms with Crippen molar-refractivity contribution in [3.63, 3.8) is 0 Å². The highest BCUT2D eigenvalue weighted by atomic mass is 32.1. The molecule has 0 spiro atoms. The van der Waals surface area contributed by atoms with Gasteiger partial charge in [-0.25, -0.2) is 9.67 Å². The normalized spacial score (nSPS) is 12.3. The molecule has 90 valence electrons. The molecule has 0 aliphatic carbocycles. The summed E-state index contributed by atoms with van der Waals surface area (Å²) in [6.07, 6.45) is 3.83. The summed E-state index contributed by atoms with van der Waals surface area (Å²) in [5, 5.41) is 11.0. The minimum Gasteiger partial charge on any atom is -0.354 e. The number of hydrogen-bond acceptors (Lipinski definition) is 4. The van der Waals surface area contributed by atoms with Crippen LogP contribution in [0.15, 0.2) is 29.5 Å². The average molecular weight is 250 g/mol. The SMILES string of the molecule is C[C@@H](C(=O)NCCc1ccsc1)n1cncn1. The smallest absolute Gasteiger partial charge is 0.244 e. The zero-order valence-corrected chi connectivity index (χ0v) is 10.4. The zero-order chi connectivity index (χ0) is 12.1. The molecule has 1 amide bonds. The van der Waals surface area contributed by atoms with Crippen LogP contribution in [0.1, 0.15) is 18.5 Å². The first-order valence-corrected chi connectivity index (χ1v) is 6.34. The molecule has 5 nitrogen and oxygen atoms in total. The lowest BCUT2D eigenvalue weighted by molar-refractivity contribution is -0.124. The molecule has 0 aromatic carbocycles. The van der Waals surface area contributed by atoms with Gasteiger partial charge in [-0.3, -0.25) is 4.79 Å². The summed E-state index contributed by atoms with van der Waals surface area (Å²) in [5.74, 6) is -0.0364. The molecule has 2 aromatic heterocycles. The van der Waals surface area contributed by atoms with Crippen molar-refractivity contribution in [2.24, 2.45) is 0 Å². The molecule has 0 saturated heterocycles. The molecule has 17 heavy (non-hydrogen) atoms. The Morgan fingerprint density at radius 1 is 1.65 bits per heavy atom. The minimum atomic E-state index is -0.319. The molecule has 2 rings (SSSR count). The molecule has 1 atom stereocenters. The van der Waals surface area contributed by atoms with Gasteiger partial charge in [-0.2, -0.15) is 16.4 Å². The molecule has 0 bridgehead atoms. The molecule has 2 aromatic rings. The van der Waals surface area contributed by atoms with Gasteiger partial charge in [0.25, 0.3) is 0 Å². The quantitative estimate of drug-likeness (QED) is 0.869. The fourth-order valence-electron chi connectivity index (χ4n) is 1.45. The van der Waals surface area contributed by atoms with Gasteiger partial charge in [0.05, 0.1) is 0 Å². The maximum Gasteiger partial charge on any atom is 0.244 e. The number of hydrogen-bond donors (Lipinski definition) is 1. The molecule has 2 heterocycles. The molecule has 0 aliphatic heterocycles. The second-order valence-electron chi connectivity index (χ2n) is 3.72. The van der Waals surface area contributed by atoms with Crippen LogP contribution in [0.25, 0.3) is 0 Å². The highest BCUT2D eigenvalue weighted by molar-refractivity contribution is 7.07. The van der Waals surface area contributed by atoms with Gasteiger partial charge in [-0.05, 0) is 35.7 Å². The van der Waals surface area contributed by atoms with E-state index in [-0.39, 0.29) is 11.9 Å². The summed E-state index contributed by atoms with van der Waals surface area (Å²) < 4.78 is 1.54. The highest BCUT2D eigenvalue weighted by Crippen LogP contribution is 2.06. The fourth-order valence-corrected chi connectivity index (χ4v) is 2.15. The zero-order valence-electron chi connectivity index (χ0n) is 9.54. The van der Waals surface area contributed by atoms with Gasteiger partial charge in [0, 0.05) is 6.54 Å². The molecule has 0 radical (unpaired) electrons. The third-order valence-corrected chi connectivity index (χ3v) is 3.24. The van der Waals surface area contributed by atoms with Crippen molar-refractivity contribution in [1.29, 1.82) is 0 Å². The summed E-state index contributed by atoms with van der Waals surface area (Å²) in [6.45, 7) is 2.45. The van der Waals surface area contributed by atoms with Crippen LogP contribution in [-0.2, 0) is 11.2 Å². The van der Waals surface area contributed by atoms with Crippen molar-refractivity contribution in [3.8, 4) is 0 Å². The fraction of sp³-hybridized carbons (Fsp3) is 0.364. The van der Waals surface area contributed by atoms with E-state index < -0.39 is 0 Å². The highest BCUT2D eigenvalue weighted by Gasteiger charge is 2.14. The van der Waals surface area contributed by atoms with E-state index in [1.165, 1.54) is 11.9 Å². The van der Waals surface area contributed by atoms with Crippen LogP contribution in [0.5, 0.6) is 0 Å². The van der Waals surface area contributed by atoms with E-state index in [0.717, 1.165) is 6.42 Å². The first-order chi connectivity index (χ1) is 8.27. The number of carbonyl (C=O) groups excluding carboxylic acids is 1. The number of rotatable bonds is 5. The Labute approximate surface area is 103 Å². The van der Waals surface area contributed by atoms with Gasteiger partial charge in [-0.15, -0.1) is 0 Å². The van der Waals surface area contributed by atoms with Crippen LogP contribution in [0.3, 0.4) is 0 Å². The monoisotopic (exact) mass is 250 g/mol. The minimum absolute atomic E-state index is 0.0364. The van der Waals surface area contributed by atoms with Crippen LogP contribution < -0.4 is 5.32 Å². The lowest BCUT2D eigenvalue weighted by Gasteiger charge is -2.11. The van der Waals surface area contributed by atoms with Gasteiger partial charge in [0.2, 0.25) is 5.91 Å². The number of thiophene rings is 1. The first kappa shape index (κ1) is 11.8. The van der Waals surface area contributed by atoms with E-state index in [9.17, 15) is 4.79 Å². The topological polar surface area (TPSA) is 59.8 Å². The second kappa shape index (κ2) is 5.58. The van der Waals surface area contributed by atoms with E-state index in [2.05, 4.69) is 26.8 Å². The third kappa shape index (κ3) is 3.13. The number of nitrogens with zero attached hydrogens (tertiary/aromatic N) is 3. The van der Waals surface area contributed by atoms with E-state index >= 15 is 0 Å².